The van der Waals surface area contributed by atoms with Crippen molar-refractivity contribution in [3.8, 4) is 0 Å². The fraction of sp³-hybridized carbons (Fsp3) is 0.692. The maximum absolute atomic E-state index is 12.1. The van der Waals surface area contributed by atoms with Gasteiger partial charge in [-0.25, -0.2) is 0 Å². The van der Waals surface area contributed by atoms with Crippen molar-refractivity contribution < 1.29 is 9.90 Å². The summed E-state index contributed by atoms with van der Waals surface area (Å²) in [5, 5.41) is 13.3. The number of aryl methyl sites for hydroxylation is 3. The highest BCUT2D eigenvalue weighted by molar-refractivity contribution is 5.76. The Kier molecular flexibility index (Phi) is 4.01. The molecule has 1 fully saturated rings. The Morgan fingerprint density at radius 1 is 1.56 bits per heavy atom. The summed E-state index contributed by atoms with van der Waals surface area (Å²) in [7, 11) is 0. The first-order valence-electron chi connectivity index (χ1n) is 6.53. The third kappa shape index (κ3) is 3.10. The molecule has 0 radical (unpaired) electrons. The second-order valence-corrected chi connectivity index (χ2v) is 4.94. The molecule has 5 heteroatoms. The molecular formula is C13H21N3O2. The highest BCUT2D eigenvalue weighted by atomic mass is 16.3. The summed E-state index contributed by atoms with van der Waals surface area (Å²) >= 11 is 0. The number of carbonyl (C=O) groups excluding carboxylic acids is 1. The van der Waals surface area contributed by atoms with Crippen LogP contribution in [0.2, 0.25) is 0 Å². The number of hydrogen-bond acceptors (Lipinski definition) is 3. The zero-order valence-electron chi connectivity index (χ0n) is 11.1. The molecule has 2 rings (SSSR count). The average molecular weight is 251 g/mol. The molecule has 0 aromatic carbocycles. The van der Waals surface area contributed by atoms with E-state index in [2.05, 4.69) is 5.10 Å². The highest BCUT2D eigenvalue weighted by Crippen LogP contribution is 2.27. The molecule has 0 saturated heterocycles. The molecule has 100 valence electrons. The second kappa shape index (κ2) is 5.52. The van der Waals surface area contributed by atoms with Gasteiger partial charge < -0.3 is 10.0 Å². The van der Waals surface area contributed by atoms with Gasteiger partial charge >= 0.3 is 0 Å². The molecule has 1 aliphatic rings. The van der Waals surface area contributed by atoms with Gasteiger partial charge in [0.2, 0.25) is 5.91 Å². The molecule has 1 aliphatic carbocycles. The molecule has 0 aliphatic heterocycles. The smallest absolute Gasteiger partial charge is 0.224 e. The number of aliphatic hydroxyl groups excluding tert-OH is 1. The molecule has 18 heavy (non-hydrogen) atoms. The van der Waals surface area contributed by atoms with Gasteiger partial charge in [-0.15, -0.1) is 0 Å². The normalized spacial score (nSPS) is 14.8. The summed E-state index contributed by atoms with van der Waals surface area (Å²) in [6, 6.07) is 2.38. The Bertz CT molecular complexity index is 424. The molecular weight excluding hydrogens is 230 g/mol. The van der Waals surface area contributed by atoms with Crippen LogP contribution >= 0.6 is 0 Å². The minimum atomic E-state index is 0.0438. The van der Waals surface area contributed by atoms with E-state index in [1.54, 1.807) is 0 Å². The molecule has 0 unspecified atom stereocenters. The van der Waals surface area contributed by atoms with Gasteiger partial charge in [0.05, 0.1) is 12.3 Å². The Morgan fingerprint density at radius 2 is 2.28 bits per heavy atom. The van der Waals surface area contributed by atoms with Crippen molar-refractivity contribution in [1.29, 1.82) is 0 Å². The number of hydrogen-bond donors (Lipinski definition) is 1. The molecule has 1 aromatic rings. The Morgan fingerprint density at radius 3 is 2.78 bits per heavy atom. The Balaban J connectivity index is 1.88. The molecule has 0 spiro atoms. The van der Waals surface area contributed by atoms with Crippen molar-refractivity contribution in [2.45, 2.75) is 45.7 Å². The predicted molar refractivity (Wildman–Crippen MR) is 68.1 cm³/mol. The lowest BCUT2D eigenvalue weighted by Crippen LogP contribution is -2.36. The maximum Gasteiger partial charge on any atom is 0.224 e. The molecule has 1 amide bonds. The van der Waals surface area contributed by atoms with E-state index in [0.717, 1.165) is 24.2 Å². The minimum Gasteiger partial charge on any atom is -0.395 e. The van der Waals surface area contributed by atoms with Crippen molar-refractivity contribution in [2.75, 3.05) is 13.2 Å². The summed E-state index contributed by atoms with van der Waals surface area (Å²) in [6.45, 7) is 5.07. The van der Waals surface area contributed by atoms with Gasteiger partial charge in [-0.3, -0.25) is 9.48 Å². The van der Waals surface area contributed by atoms with Crippen LogP contribution in [0.1, 0.15) is 30.7 Å². The van der Waals surface area contributed by atoms with E-state index < -0.39 is 0 Å². The summed E-state index contributed by atoms with van der Waals surface area (Å²) in [6.07, 6.45) is 2.61. The average Bonchev–Trinajstić information content (AvgIpc) is 3.10. The zero-order valence-corrected chi connectivity index (χ0v) is 11.1. The summed E-state index contributed by atoms with van der Waals surface area (Å²) < 4.78 is 1.87. The van der Waals surface area contributed by atoms with Crippen LogP contribution in [0, 0.1) is 13.8 Å². The molecule has 0 bridgehead atoms. The van der Waals surface area contributed by atoms with E-state index in [9.17, 15) is 4.79 Å². The molecule has 1 aromatic heterocycles. The topological polar surface area (TPSA) is 58.4 Å². The third-order valence-corrected chi connectivity index (χ3v) is 3.29. The van der Waals surface area contributed by atoms with Gasteiger partial charge in [0.25, 0.3) is 0 Å². The van der Waals surface area contributed by atoms with Crippen molar-refractivity contribution >= 4 is 5.91 Å². The van der Waals surface area contributed by atoms with Gasteiger partial charge in [0, 0.05) is 31.2 Å². The van der Waals surface area contributed by atoms with Crippen LogP contribution in [0.3, 0.4) is 0 Å². The van der Waals surface area contributed by atoms with E-state index in [1.165, 1.54) is 0 Å². The van der Waals surface area contributed by atoms with Crippen LogP contribution < -0.4 is 0 Å². The highest BCUT2D eigenvalue weighted by Gasteiger charge is 2.31. The first-order chi connectivity index (χ1) is 8.61. The number of aromatic nitrogens is 2. The SMILES string of the molecule is Cc1cc(C)n(CCC(=O)N(CCO)C2CC2)n1. The summed E-state index contributed by atoms with van der Waals surface area (Å²) in [5.74, 6) is 0.124. The fourth-order valence-electron chi connectivity index (χ4n) is 2.25. The predicted octanol–water partition coefficient (Wildman–Crippen LogP) is 0.873. The molecule has 5 nitrogen and oxygen atoms in total. The van der Waals surface area contributed by atoms with E-state index in [0.29, 0.717) is 25.6 Å². The fourth-order valence-corrected chi connectivity index (χ4v) is 2.25. The van der Waals surface area contributed by atoms with Gasteiger partial charge in [-0.2, -0.15) is 5.10 Å². The van der Waals surface area contributed by atoms with Crippen LogP contribution in [-0.2, 0) is 11.3 Å². The van der Waals surface area contributed by atoms with Gasteiger partial charge in [-0.05, 0) is 32.8 Å². The number of nitrogens with zero attached hydrogens (tertiary/aromatic N) is 3. The molecule has 1 saturated carbocycles. The quantitative estimate of drug-likeness (QED) is 0.816. The van der Waals surface area contributed by atoms with Crippen LogP contribution in [0.4, 0.5) is 0 Å². The lowest BCUT2D eigenvalue weighted by Gasteiger charge is -2.21. The monoisotopic (exact) mass is 251 g/mol. The first kappa shape index (κ1) is 13.1. The molecule has 1 N–H and O–H groups in total. The van der Waals surface area contributed by atoms with Crippen molar-refractivity contribution in [1.82, 2.24) is 14.7 Å². The largest absolute Gasteiger partial charge is 0.395 e. The third-order valence-electron chi connectivity index (χ3n) is 3.29. The zero-order chi connectivity index (χ0) is 13.1. The van der Waals surface area contributed by atoms with E-state index in [1.807, 2.05) is 29.5 Å². The Hall–Kier alpha value is -1.36. The van der Waals surface area contributed by atoms with E-state index in [-0.39, 0.29) is 12.5 Å². The van der Waals surface area contributed by atoms with Crippen molar-refractivity contribution in [3.63, 3.8) is 0 Å². The van der Waals surface area contributed by atoms with E-state index >= 15 is 0 Å². The summed E-state index contributed by atoms with van der Waals surface area (Å²) in [4.78, 5) is 13.9. The van der Waals surface area contributed by atoms with Gasteiger partial charge in [-0.1, -0.05) is 0 Å². The van der Waals surface area contributed by atoms with Crippen molar-refractivity contribution in [2.24, 2.45) is 0 Å². The van der Waals surface area contributed by atoms with Gasteiger partial charge in [0.1, 0.15) is 0 Å². The first-order valence-corrected chi connectivity index (χ1v) is 6.53. The number of rotatable bonds is 6. The number of amides is 1. The van der Waals surface area contributed by atoms with Crippen LogP contribution in [0.5, 0.6) is 0 Å². The Labute approximate surface area is 107 Å². The molecule has 1 heterocycles. The summed E-state index contributed by atoms with van der Waals surface area (Å²) in [5.41, 5.74) is 2.06. The van der Waals surface area contributed by atoms with Crippen molar-refractivity contribution in [3.05, 3.63) is 17.5 Å². The lowest BCUT2D eigenvalue weighted by atomic mass is 10.3. The maximum atomic E-state index is 12.1. The standard InChI is InChI=1S/C13H21N3O2/c1-10-9-11(2)16(14-10)6-5-13(18)15(7-8-17)12-3-4-12/h9,12,17H,3-8H2,1-2H3. The molecule has 0 atom stereocenters. The second-order valence-electron chi connectivity index (χ2n) is 4.94. The number of aliphatic hydroxyl groups is 1. The van der Waals surface area contributed by atoms with Gasteiger partial charge in [0.15, 0.2) is 0 Å². The number of carbonyl (C=O) groups is 1. The lowest BCUT2D eigenvalue weighted by molar-refractivity contribution is -0.132. The minimum absolute atomic E-state index is 0.0438. The van der Waals surface area contributed by atoms with Crippen LogP contribution in [-0.4, -0.2) is 44.9 Å². The van der Waals surface area contributed by atoms with E-state index in [4.69, 9.17) is 5.11 Å². The van der Waals surface area contributed by atoms with Crippen LogP contribution in [0.25, 0.3) is 0 Å². The van der Waals surface area contributed by atoms with Crippen LogP contribution in [0.15, 0.2) is 6.07 Å².